The number of aldehydes is 1. The molecular formula is C52H65N3O23Si. The van der Waals surface area contributed by atoms with Gasteiger partial charge in [-0.2, -0.15) is 0 Å². The third-order valence-electron chi connectivity index (χ3n) is 11.2. The van der Waals surface area contributed by atoms with E-state index in [2.05, 4.69) is 51.3 Å². The largest absolute Gasteiger partial charge is 0.509 e. The predicted molar refractivity (Wildman–Crippen MR) is 278 cm³/mol. The Kier molecular flexibility index (Phi) is 25.3. The van der Waals surface area contributed by atoms with Crippen molar-refractivity contribution in [2.75, 3.05) is 58.6 Å². The zero-order valence-electron chi connectivity index (χ0n) is 44.2. The van der Waals surface area contributed by atoms with Crippen molar-refractivity contribution in [1.29, 1.82) is 0 Å². The number of rotatable bonds is 29. The average molecular weight is 1130 g/mol. The van der Waals surface area contributed by atoms with E-state index in [9.17, 15) is 48.5 Å². The first kappa shape index (κ1) is 63.1. The minimum absolute atomic E-state index is 0.00105. The highest BCUT2D eigenvalue weighted by atomic mass is 28.3. The van der Waals surface area contributed by atoms with Crippen molar-refractivity contribution in [2.24, 2.45) is 0 Å². The first-order valence-electron chi connectivity index (χ1n) is 24.7. The van der Waals surface area contributed by atoms with E-state index < -0.39 is 137 Å². The monoisotopic (exact) mass is 1130 g/mol. The molecule has 2 saturated heterocycles. The fourth-order valence-electron chi connectivity index (χ4n) is 7.40. The second-order valence-corrected chi connectivity index (χ2v) is 23.9. The van der Waals surface area contributed by atoms with E-state index in [-0.39, 0.29) is 54.3 Å². The Hall–Kier alpha value is -8.46. The number of hydrogen-bond acceptors (Lipinski definition) is 23. The summed E-state index contributed by atoms with van der Waals surface area (Å²) < 4.78 is 70.4. The lowest BCUT2D eigenvalue weighted by Gasteiger charge is -2.42. The number of nitro benzene ring substituents is 1. The lowest BCUT2D eigenvalue weighted by molar-refractivity contribution is -0.387. The highest BCUT2D eigenvalue weighted by molar-refractivity contribution is 6.76. The van der Waals surface area contributed by atoms with Crippen molar-refractivity contribution in [3.8, 4) is 17.2 Å². The van der Waals surface area contributed by atoms with Crippen LogP contribution in [-0.2, 0) is 68.4 Å². The number of nitrogens with zero attached hydrogens (tertiary/aromatic N) is 2. The van der Waals surface area contributed by atoms with Crippen molar-refractivity contribution >= 4 is 68.1 Å². The van der Waals surface area contributed by atoms with Crippen LogP contribution in [-0.4, -0.2) is 157 Å². The van der Waals surface area contributed by atoms with Gasteiger partial charge in [0.15, 0.2) is 35.6 Å². The van der Waals surface area contributed by atoms with E-state index in [4.69, 9.17) is 61.6 Å². The summed E-state index contributed by atoms with van der Waals surface area (Å²) in [5.74, 6) is -2.78. The van der Waals surface area contributed by atoms with Crippen LogP contribution in [0, 0.1) is 10.1 Å². The molecule has 430 valence electrons. The number of amides is 2. The average Bonchev–Trinajstić information content (AvgIpc) is 3.54. The van der Waals surface area contributed by atoms with Gasteiger partial charge in [0.25, 0.3) is 5.91 Å². The molecule has 0 spiro atoms. The maximum Gasteiger partial charge on any atom is 0.509 e. The molecule has 2 aliphatic rings. The van der Waals surface area contributed by atoms with Gasteiger partial charge in [-0.05, 0) is 49.4 Å². The summed E-state index contributed by atoms with van der Waals surface area (Å²) in [4.78, 5) is 118. The van der Waals surface area contributed by atoms with Crippen molar-refractivity contribution in [3.63, 3.8) is 0 Å². The molecule has 2 aliphatic heterocycles. The van der Waals surface area contributed by atoms with Gasteiger partial charge in [-0.1, -0.05) is 76.3 Å². The first-order valence-corrected chi connectivity index (χ1v) is 28.4. The summed E-state index contributed by atoms with van der Waals surface area (Å²) in [5.41, 5.74) is -1.06. The van der Waals surface area contributed by atoms with Crippen molar-refractivity contribution in [1.82, 2.24) is 4.90 Å². The van der Waals surface area contributed by atoms with E-state index >= 15 is 0 Å². The minimum Gasteiger partial charge on any atom is -0.493 e. The lowest BCUT2D eigenvalue weighted by atomic mass is 9.98. The first-order chi connectivity index (χ1) is 37.8. The number of anilines is 1. The molecule has 26 nitrogen and oxygen atoms in total. The van der Waals surface area contributed by atoms with Crippen molar-refractivity contribution < 1.29 is 105 Å². The van der Waals surface area contributed by atoms with Gasteiger partial charge in [0.05, 0.1) is 42.5 Å². The van der Waals surface area contributed by atoms with Crippen LogP contribution in [0.5, 0.6) is 17.2 Å². The van der Waals surface area contributed by atoms with Gasteiger partial charge in [0.2, 0.25) is 12.4 Å². The fourth-order valence-corrected chi connectivity index (χ4v) is 8.11. The number of piperidine rings is 1. The Morgan fingerprint density at radius 3 is 1.99 bits per heavy atom. The lowest BCUT2D eigenvalue weighted by Crippen LogP contribution is -2.64. The Morgan fingerprint density at radius 1 is 0.772 bits per heavy atom. The van der Waals surface area contributed by atoms with E-state index in [0.717, 1.165) is 18.2 Å². The number of nitro groups is 1. The van der Waals surface area contributed by atoms with Crippen LogP contribution >= 0.6 is 0 Å². The molecule has 0 radical (unpaired) electrons. The Balaban J connectivity index is 1.66. The maximum absolute atomic E-state index is 14.1. The number of carbonyl (C=O) groups is 8. The molecule has 2 amide bonds. The number of benzene rings is 2. The number of ether oxygens (including phenoxy) is 13. The number of methoxy groups -OCH3 is 1. The van der Waals surface area contributed by atoms with Gasteiger partial charge in [-0.15, -0.1) is 0 Å². The topological polar surface area (TPSA) is 315 Å². The smallest absolute Gasteiger partial charge is 0.493 e. The summed E-state index contributed by atoms with van der Waals surface area (Å²) in [6.45, 7) is 18.5. The molecule has 2 aromatic rings. The molecule has 6 atom stereocenters. The van der Waals surface area contributed by atoms with Gasteiger partial charge >= 0.3 is 42.2 Å². The summed E-state index contributed by atoms with van der Waals surface area (Å²) in [5, 5.41) is 15.2. The maximum atomic E-state index is 14.1. The van der Waals surface area contributed by atoms with Gasteiger partial charge < -0.3 is 71.3 Å². The van der Waals surface area contributed by atoms with Crippen LogP contribution in [0.1, 0.15) is 48.0 Å². The van der Waals surface area contributed by atoms with Gasteiger partial charge in [-0.25, -0.2) is 24.0 Å². The number of hydrogen-bond donors (Lipinski definition) is 1. The number of carbonyl (C=O) groups excluding carboxylic acids is 8. The van der Waals surface area contributed by atoms with E-state index in [1.54, 1.807) is 0 Å². The molecule has 2 aromatic carbocycles. The molecule has 4 rings (SSSR count). The minimum atomic E-state index is -2.17. The highest BCUT2D eigenvalue weighted by Gasteiger charge is 2.57. The number of nitrogens with one attached hydrogen (secondary N) is 1. The normalized spacial score (nSPS) is 18.6. The summed E-state index contributed by atoms with van der Waals surface area (Å²) in [7, 11) is -0.0923. The predicted octanol–water partition coefficient (Wildman–Crippen LogP) is 7.54. The molecule has 2 heterocycles. The number of likely N-dealkylation sites (tertiary alicyclic amines) is 1. The van der Waals surface area contributed by atoms with E-state index in [1.165, 1.54) is 54.5 Å². The molecule has 0 unspecified atom stereocenters. The molecule has 0 aromatic heterocycles. The standard InChI is InChI=1S/C52H65N3O23Si/c1-9-21-69-47(59)44-42(76-50(61)70-22-10-2)43(77-51(62)71-23-11-3)45(78-52(63)72-24-12-4)48(75-44)74-38-19-18-33(28-37(38)55(64)65)32-73-49(60)53-36-30-40(67-25-15-17-41(57)68-26-27-79(6,7)8)39(66-5)29-35(36)46(58)54-20-14-13-16-34(54)31-56/h9-12,18-19,28-31,34,42-45,48H,1-4,13-17,20-27,32H2,5-8H3,(H,53,60)/t34-,42-,43-,44-,45+,48+/m0/s1. The Morgan fingerprint density at radius 2 is 1.39 bits per heavy atom. The zero-order chi connectivity index (χ0) is 58.1. The second kappa shape index (κ2) is 31.7. The molecular weight excluding hydrogens is 1060 g/mol. The van der Waals surface area contributed by atoms with Crippen LogP contribution in [0.4, 0.5) is 30.6 Å². The molecule has 27 heteroatoms. The highest BCUT2D eigenvalue weighted by Crippen LogP contribution is 2.38. The fraction of sp³-hybridized carbons (Fsp3) is 0.462. The number of esters is 2. The zero-order valence-corrected chi connectivity index (χ0v) is 45.2. The molecule has 1 N–H and O–H groups in total. The summed E-state index contributed by atoms with van der Waals surface area (Å²) in [6.07, 6.45) is -8.81. The van der Waals surface area contributed by atoms with E-state index in [1.807, 2.05) is 0 Å². The van der Waals surface area contributed by atoms with Crippen LogP contribution in [0.25, 0.3) is 0 Å². The summed E-state index contributed by atoms with van der Waals surface area (Å²) >= 11 is 0. The Bertz CT molecular complexity index is 2530. The SMILES string of the molecule is C=CCOC(=O)O[C@@H]1[C@@H](OC(=O)OCC=C)[C@H](Oc2ccc(COC(=O)Nc3cc(OCCCC(=O)OCC[Si](C)(C)C)c(OC)cc3C(=O)N3CCCC[C@H]3C=O)cc2[N+](=O)[O-])O[C@H](C(=O)OCC=C)[C@H]1OC(=O)OCC=C. The van der Waals surface area contributed by atoms with Crippen LogP contribution < -0.4 is 19.5 Å². The van der Waals surface area contributed by atoms with Gasteiger partial charge in [0.1, 0.15) is 39.3 Å². The van der Waals surface area contributed by atoms with Crippen LogP contribution in [0.15, 0.2) is 81.0 Å². The molecule has 0 saturated carbocycles. The van der Waals surface area contributed by atoms with E-state index in [0.29, 0.717) is 32.2 Å². The van der Waals surface area contributed by atoms with Gasteiger partial charge in [-0.3, -0.25) is 25.0 Å². The third-order valence-corrected chi connectivity index (χ3v) is 12.9. The molecule has 0 aliphatic carbocycles. The molecule has 79 heavy (non-hydrogen) atoms. The van der Waals surface area contributed by atoms with Crippen molar-refractivity contribution in [3.05, 3.63) is 102 Å². The molecule has 2 fully saturated rings. The van der Waals surface area contributed by atoms with Crippen LogP contribution in [0.2, 0.25) is 25.7 Å². The van der Waals surface area contributed by atoms with Crippen molar-refractivity contribution in [2.45, 2.75) is 101 Å². The van der Waals surface area contributed by atoms with Crippen LogP contribution in [0.3, 0.4) is 0 Å². The Labute approximate surface area is 455 Å². The molecule has 0 bridgehead atoms. The summed E-state index contributed by atoms with van der Waals surface area (Å²) in [6, 6.07) is 5.88. The quantitative estimate of drug-likeness (QED) is 0.0120. The third kappa shape index (κ3) is 19.8. The van der Waals surface area contributed by atoms with Gasteiger partial charge in [0, 0.05) is 33.2 Å². The second-order valence-electron chi connectivity index (χ2n) is 18.2.